The molecule has 1 aromatic rings. The van der Waals surface area contributed by atoms with Gasteiger partial charge in [-0.2, -0.15) is 0 Å². The van der Waals surface area contributed by atoms with Gasteiger partial charge < -0.3 is 0 Å². The van der Waals surface area contributed by atoms with Crippen LogP contribution in [-0.4, -0.2) is 43.2 Å². The Morgan fingerprint density at radius 2 is 1.72 bits per heavy atom. The number of sulfone groups is 1. The molecule has 0 saturated carbocycles. The first-order valence-electron chi connectivity index (χ1n) is 8.08. The third kappa shape index (κ3) is 4.92. The van der Waals surface area contributed by atoms with Gasteiger partial charge in [-0.05, 0) is 42.0 Å². The summed E-state index contributed by atoms with van der Waals surface area (Å²) in [4.78, 5) is 24.1. The van der Waals surface area contributed by atoms with Gasteiger partial charge in [0.15, 0.2) is 9.84 Å². The molecule has 25 heavy (non-hydrogen) atoms. The van der Waals surface area contributed by atoms with E-state index in [4.69, 9.17) is 0 Å². The second kappa shape index (κ2) is 8.01. The van der Waals surface area contributed by atoms with Gasteiger partial charge >= 0.3 is 0 Å². The lowest BCUT2D eigenvalue weighted by molar-refractivity contribution is -0.125. The van der Waals surface area contributed by atoms with Gasteiger partial charge in [0.2, 0.25) is 5.91 Å². The zero-order chi connectivity index (χ0) is 17.9. The van der Waals surface area contributed by atoms with Crippen LogP contribution in [0.15, 0.2) is 24.3 Å². The molecule has 136 valence electrons. The highest BCUT2D eigenvalue weighted by molar-refractivity contribution is 8.16. The summed E-state index contributed by atoms with van der Waals surface area (Å²) in [5, 5.41) is 0. The number of hydrazine groups is 1. The highest BCUT2D eigenvalue weighted by atomic mass is 32.2. The first kappa shape index (κ1) is 18.6. The average molecular weight is 401 g/mol. The molecule has 0 bridgehead atoms. The van der Waals surface area contributed by atoms with Crippen LogP contribution in [0.25, 0.3) is 0 Å². The van der Waals surface area contributed by atoms with Gasteiger partial charge in [-0.1, -0.05) is 12.1 Å². The number of rotatable bonds is 3. The summed E-state index contributed by atoms with van der Waals surface area (Å²) in [6.45, 7) is 0. The van der Waals surface area contributed by atoms with E-state index in [1.807, 2.05) is 35.7 Å². The maximum absolute atomic E-state index is 12.1. The number of benzene rings is 1. The van der Waals surface area contributed by atoms with Crippen molar-refractivity contribution in [2.24, 2.45) is 5.92 Å². The average Bonchev–Trinajstić information content (AvgIpc) is 3.00. The Kier molecular flexibility index (Phi) is 5.96. The maximum atomic E-state index is 12.1. The Bertz CT molecular complexity index is 743. The molecule has 0 radical (unpaired) electrons. The highest BCUT2D eigenvalue weighted by Gasteiger charge is 2.33. The van der Waals surface area contributed by atoms with Crippen LogP contribution in [0.5, 0.6) is 0 Å². The quantitative estimate of drug-likeness (QED) is 0.751. The zero-order valence-electron chi connectivity index (χ0n) is 13.6. The zero-order valence-corrected chi connectivity index (χ0v) is 16.0. The molecule has 3 rings (SSSR count). The van der Waals surface area contributed by atoms with E-state index in [0.29, 0.717) is 16.6 Å². The fourth-order valence-corrected chi connectivity index (χ4v) is 7.40. The third-order valence-electron chi connectivity index (χ3n) is 4.17. The Balaban J connectivity index is 1.52. The van der Waals surface area contributed by atoms with Crippen molar-refractivity contribution in [3.8, 4) is 0 Å². The minimum atomic E-state index is -3.12. The van der Waals surface area contributed by atoms with Crippen molar-refractivity contribution in [3.63, 3.8) is 0 Å². The molecule has 2 aliphatic rings. The number of carbonyl (C=O) groups is 2. The van der Waals surface area contributed by atoms with Gasteiger partial charge in [-0.3, -0.25) is 20.4 Å². The SMILES string of the molecule is O=C(NNC(=O)[C@@H]1CCS(=O)(=O)C1)c1ccc(C2SCCCS2)cc1. The fourth-order valence-electron chi connectivity index (χ4n) is 2.77. The van der Waals surface area contributed by atoms with Gasteiger partial charge in [0.25, 0.3) is 5.91 Å². The monoisotopic (exact) mass is 400 g/mol. The summed E-state index contributed by atoms with van der Waals surface area (Å²) in [7, 11) is -3.12. The van der Waals surface area contributed by atoms with Gasteiger partial charge in [0.1, 0.15) is 0 Å². The highest BCUT2D eigenvalue weighted by Crippen LogP contribution is 2.43. The van der Waals surface area contributed by atoms with Crippen LogP contribution >= 0.6 is 23.5 Å². The lowest BCUT2D eigenvalue weighted by atomic mass is 10.1. The molecule has 2 amide bonds. The number of hydrogen-bond acceptors (Lipinski definition) is 6. The molecule has 2 N–H and O–H groups in total. The van der Waals surface area contributed by atoms with Crippen molar-refractivity contribution in [1.82, 2.24) is 10.9 Å². The molecule has 2 saturated heterocycles. The largest absolute Gasteiger partial charge is 0.273 e. The van der Waals surface area contributed by atoms with E-state index in [1.165, 1.54) is 12.0 Å². The summed E-state index contributed by atoms with van der Waals surface area (Å²) >= 11 is 3.83. The molecule has 2 aliphatic heterocycles. The number of hydrogen-bond donors (Lipinski definition) is 2. The third-order valence-corrected chi connectivity index (χ3v) is 8.96. The normalized spacial score (nSPS) is 23.1. The molecule has 1 aromatic carbocycles. The van der Waals surface area contributed by atoms with Crippen molar-refractivity contribution in [2.75, 3.05) is 23.0 Å². The summed E-state index contributed by atoms with van der Waals surface area (Å²) in [5.41, 5.74) is 6.32. The maximum Gasteiger partial charge on any atom is 0.269 e. The van der Waals surface area contributed by atoms with Crippen molar-refractivity contribution in [1.29, 1.82) is 0 Å². The van der Waals surface area contributed by atoms with Gasteiger partial charge in [0, 0.05) is 5.56 Å². The molecular formula is C16H20N2O4S3. The van der Waals surface area contributed by atoms with Crippen molar-refractivity contribution >= 4 is 45.2 Å². The van der Waals surface area contributed by atoms with Gasteiger partial charge in [-0.25, -0.2) is 8.42 Å². The van der Waals surface area contributed by atoms with Crippen molar-refractivity contribution in [2.45, 2.75) is 17.4 Å². The fraction of sp³-hybridized carbons (Fsp3) is 0.500. The van der Waals surface area contributed by atoms with Crippen LogP contribution in [0.2, 0.25) is 0 Å². The van der Waals surface area contributed by atoms with E-state index in [0.717, 1.165) is 11.5 Å². The molecule has 0 unspecified atom stereocenters. The lowest BCUT2D eigenvalue weighted by Crippen LogP contribution is -2.44. The van der Waals surface area contributed by atoms with E-state index in [-0.39, 0.29) is 11.5 Å². The van der Waals surface area contributed by atoms with E-state index >= 15 is 0 Å². The Labute approximate surface area is 155 Å². The van der Waals surface area contributed by atoms with Gasteiger partial charge in [-0.15, -0.1) is 23.5 Å². The van der Waals surface area contributed by atoms with Crippen LogP contribution < -0.4 is 10.9 Å². The molecule has 6 nitrogen and oxygen atoms in total. The molecule has 0 aliphatic carbocycles. The Morgan fingerprint density at radius 3 is 2.32 bits per heavy atom. The molecule has 2 heterocycles. The van der Waals surface area contributed by atoms with E-state index in [1.54, 1.807) is 12.1 Å². The van der Waals surface area contributed by atoms with E-state index < -0.39 is 27.6 Å². The Morgan fingerprint density at radius 1 is 1.04 bits per heavy atom. The summed E-state index contributed by atoms with van der Waals surface area (Å²) in [6.07, 6.45) is 1.53. The number of thioether (sulfide) groups is 2. The lowest BCUT2D eigenvalue weighted by Gasteiger charge is -2.21. The molecular weight excluding hydrogens is 380 g/mol. The number of amides is 2. The van der Waals surface area contributed by atoms with E-state index in [2.05, 4.69) is 10.9 Å². The van der Waals surface area contributed by atoms with Gasteiger partial charge in [0.05, 0.1) is 22.0 Å². The minimum Gasteiger partial charge on any atom is -0.273 e. The van der Waals surface area contributed by atoms with E-state index in [9.17, 15) is 18.0 Å². The van der Waals surface area contributed by atoms with Crippen LogP contribution in [-0.2, 0) is 14.6 Å². The number of carbonyl (C=O) groups excluding carboxylic acids is 2. The Hall–Kier alpha value is -1.19. The van der Waals surface area contributed by atoms with Crippen LogP contribution in [0.1, 0.15) is 33.3 Å². The van der Waals surface area contributed by atoms with Crippen molar-refractivity contribution < 1.29 is 18.0 Å². The first-order valence-corrected chi connectivity index (χ1v) is 12.0. The summed E-state index contributed by atoms with van der Waals surface area (Å²) in [5.74, 6) is 0.725. The van der Waals surface area contributed by atoms with Crippen LogP contribution in [0, 0.1) is 5.92 Å². The standard InChI is InChI=1S/C16H20N2O4S3/c19-14(17-18-15(20)13-6-9-25(21,22)10-13)11-2-4-12(5-3-11)16-23-7-1-8-24-16/h2-5,13,16H,1,6-10H2,(H,17,19)(H,18,20)/t13-/m1/s1. The summed E-state index contributed by atoms with van der Waals surface area (Å²) < 4.78 is 23.2. The smallest absolute Gasteiger partial charge is 0.269 e. The number of nitrogens with one attached hydrogen (secondary N) is 2. The predicted molar refractivity (Wildman–Crippen MR) is 101 cm³/mol. The second-order valence-corrected chi connectivity index (χ2v) is 11.0. The summed E-state index contributed by atoms with van der Waals surface area (Å²) in [6, 6.07) is 7.37. The molecule has 9 heteroatoms. The molecule has 0 aromatic heterocycles. The minimum absolute atomic E-state index is 0.0255. The topological polar surface area (TPSA) is 92.3 Å². The van der Waals surface area contributed by atoms with Crippen molar-refractivity contribution in [3.05, 3.63) is 35.4 Å². The molecule has 1 atom stereocenters. The predicted octanol–water partition coefficient (Wildman–Crippen LogP) is 1.75. The molecule has 2 fully saturated rings. The first-order chi connectivity index (χ1) is 11.9. The van der Waals surface area contributed by atoms with Crippen LogP contribution in [0.4, 0.5) is 0 Å². The molecule has 0 spiro atoms. The second-order valence-electron chi connectivity index (χ2n) is 6.09. The van der Waals surface area contributed by atoms with Crippen LogP contribution in [0.3, 0.4) is 0 Å².